The summed E-state index contributed by atoms with van der Waals surface area (Å²) in [6.07, 6.45) is -5.03. The molecule has 2 aromatic rings. The first-order valence-corrected chi connectivity index (χ1v) is 9.01. The normalized spacial score (nSPS) is 19.7. The highest BCUT2D eigenvalue weighted by atomic mass is 19.4. The van der Waals surface area contributed by atoms with Crippen LogP contribution in [0, 0.1) is 5.41 Å². The number of anilines is 2. The zero-order valence-electron chi connectivity index (χ0n) is 15.5. The van der Waals surface area contributed by atoms with E-state index in [9.17, 15) is 22.8 Å². The van der Waals surface area contributed by atoms with Gasteiger partial charge in [0.25, 0.3) is 0 Å². The summed E-state index contributed by atoms with van der Waals surface area (Å²) in [5.41, 5.74) is 3.84. The summed E-state index contributed by atoms with van der Waals surface area (Å²) in [4.78, 5) is 25.3. The van der Waals surface area contributed by atoms with Gasteiger partial charge in [-0.05, 0) is 36.7 Å². The van der Waals surface area contributed by atoms with Gasteiger partial charge in [-0.15, -0.1) is 0 Å². The lowest BCUT2D eigenvalue weighted by atomic mass is 9.85. The monoisotopic (exact) mass is 406 g/mol. The number of nitrogens with two attached hydrogens (primary N) is 1. The molecule has 0 aromatic heterocycles. The number of hydrogen-bond donors (Lipinski definition) is 3. The van der Waals surface area contributed by atoms with Crippen LogP contribution in [0.5, 0.6) is 0 Å². The van der Waals surface area contributed by atoms with E-state index < -0.39 is 30.1 Å². The van der Waals surface area contributed by atoms with E-state index >= 15 is 0 Å². The second-order valence-electron chi connectivity index (χ2n) is 7.05. The maximum absolute atomic E-state index is 14.0. The molecule has 0 bridgehead atoms. The van der Waals surface area contributed by atoms with E-state index in [0.717, 1.165) is 5.56 Å². The molecule has 1 aliphatic rings. The van der Waals surface area contributed by atoms with Crippen molar-refractivity contribution in [2.24, 2.45) is 11.1 Å². The minimum Gasteiger partial charge on any atom is -0.351 e. The van der Waals surface area contributed by atoms with Crippen molar-refractivity contribution in [3.63, 3.8) is 0 Å². The van der Waals surface area contributed by atoms with E-state index in [1.165, 1.54) is 24.3 Å². The zero-order chi connectivity index (χ0) is 21.1. The van der Waals surface area contributed by atoms with Crippen molar-refractivity contribution in [2.75, 3.05) is 23.7 Å². The van der Waals surface area contributed by atoms with Gasteiger partial charge >= 0.3 is 12.2 Å². The Morgan fingerprint density at radius 3 is 2.31 bits per heavy atom. The first kappa shape index (κ1) is 20.7. The lowest BCUT2D eigenvalue weighted by Crippen LogP contribution is -2.49. The van der Waals surface area contributed by atoms with Crippen molar-refractivity contribution < 1.29 is 22.8 Å². The number of likely N-dealkylation sites (tertiary alicyclic amines) is 1. The summed E-state index contributed by atoms with van der Waals surface area (Å²) in [6.45, 7) is 0.0749. The fourth-order valence-electron chi connectivity index (χ4n) is 3.48. The molecule has 1 fully saturated rings. The molecule has 1 atom stereocenters. The number of nitrogens with one attached hydrogen (secondary N) is 2. The molecule has 0 radical (unpaired) electrons. The van der Waals surface area contributed by atoms with Crippen molar-refractivity contribution >= 4 is 23.3 Å². The van der Waals surface area contributed by atoms with Crippen molar-refractivity contribution in [1.82, 2.24) is 4.90 Å². The highest BCUT2D eigenvalue weighted by molar-refractivity contribution is 5.97. The number of amides is 3. The van der Waals surface area contributed by atoms with Gasteiger partial charge in [-0.25, -0.2) is 4.79 Å². The van der Waals surface area contributed by atoms with Gasteiger partial charge in [0.15, 0.2) is 5.41 Å². The molecule has 1 aliphatic heterocycles. The van der Waals surface area contributed by atoms with Crippen molar-refractivity contribution in [3.8, 4) is 0 Å². The molecule has 0 saturated carbocycles. The number of urea groups is 1. The van der Waals surface area contributed by atoms with Crippen molar-refractivity contribution in [1.29, 1.82) is 0 Å². The molecule has 0 aliphatic carbocycles. The Labute approximate surface area is 165 Å². The average molecular weight is 406 g/mol. The minimum absolute atomic E-state index is 0.145. The van der Waals surface area contributed by atoms with Gasteiger partial charge in [-0.3, -0.25) is 9.69 Å². The third-order valence-corrected chi connectivity index (χ3v) is 4.96. The van der Waals surface area contributed by atoms with Crippen LogP contribution in [0.4, 0.5) is 29.3 Å². The van der Waals surface area contributed by atoms with Crippen LogP contribution in [-0.4, -0.2) is 36.1 Å². The number of nitrogens with zero attached hydrogens (tertiary/aromatic N) is 1. The maximum atomic E-state index is 14.0. The van der Waals surface area contributed by atoms with Gasteiger partial charge in [0.2, 0.25) is 5.91 Å². The standard InChI is InChI=1S/C20H21F3N4O2/c21-20(22,23)19(9-10-27(13-19)12-14-5-2-1-3-6-14)17(28)25-15-7-4-8-16(11-15)26-18(24)29/h1-8,11H,9-10,12-13H2,(H,25,28)(H3,24,26,29). The Morgan fingerprint density at radius 2 is 1.69 bits per heavy atom. The summed E-state index contributed by atoms with van der Waals surface area (Å²) in [5, 5.41) is 4.67. The van der Waals surface area contributed by atoms with Crippen LogP contribution in [0.3, 0.4) is 0 Å². The molecular formula is C20H21F3N4O2. The number of benzene rings is 2. The zero-order valence-corrected chi connectivity index (χ0v) is 15.5. The molecule has 0 spiro atoms. The highest BCUT2D eigenvalue weighted by Crippen LogP contribution is 2.46. The molecule has 2 aromatic carbocycles. The van der Waals surface area contributed by atoms with Gasteiger partial charge in [0.05, 0.1) is 0 Å². The van der Waals surface area contributed by atoms with Gasteiger partial charge in [-0.1, -0.05) is 36.4 Å². The van der Waals surface area contributed by atoms with Gasteiger partial charge in [0.1, 0.15) is 0 Å². The lowest BCUT2D eigenvalue weighted by Gasteiger charge is -2.30. The Bertz CT molecular complexity index is 889. The molecule has 9 heteroatoms. The molecule has 3 rings (SSSR count). The number of primary amides is 1. The largest absolute Gasteiger partial charge is 0.404 e. The van der Waals surface area contributed by atoms with Crippen LogP contribution in [0.2, 0.25) is 0 Å². The molecule has 1 unspecified atom stereocenters. The molecular weight excluding hydrogens is 385 g/mol. The number of rotatable bonds is 5. The smallest absolute Gasteiger partial charge is 0.351 e. The van der Waals surface area contributed by atoms with Crippen molar-refractivity contribution in [2.45, 2.75) is 19.1 Å². The minimum atomic E-state index is -4.70. The van der Waals surface area contributed by atoms with E-state index in [1.807, 2.05) is 30.3 Å². The van der Waals surface area contributed by atoms with Crippen LogP contribution in [-0.2, 0) is 11.3 Å². The first-order chi connectivity index (χ1) is 13.7. The maximum Gasteiger partial charge on any atom is 0.404 e. The Hall–Kier alpha value is -3.07. The fraction of sp³-hybridized carbons (Fsp3) is 0.300. The van der Waals surface area contributed by atoms with Gasteiger partial charge < -0.3 is 16.4 Å². The lowest BCUT2D eigenvalue weighted by molar-refractivity contribution is -0.215. The van der Waals surface area contributed by atoms with E-state index in [4.69, 9.17) is 5.73 Å². The summed E-state index contributed by atoms with van der Waals surface area (Å²) in [5.74, 6) is -1.11. The van der Waals surface area contributed by atoms with Crippen LogP contribution < -0.4 is 16.4 Å². The van der Waals surface area contributed by atoms with Gasteiger partial charge in [0, 0.05) is 24.5 Å². The first-order valence-electron chi connectivity index (χ1n) is 9.01. The SMILES string of the molecule is NC(=O)Nc1cccc(NC(=O)C2(C(F)(F)F)CCN(Cc3ccccc3)C2)c1. The second-order valence-corrected chi connectivity index (χ2v) is 7.05. The molecule has 6 nitrogen and oxygen atoms in total. The number of alkyl halides is 3. The third kappa shape index (κ3) is 4.68. The Balaban J connectivity index is 1.77. The summed E-state index contributed by atoms with van der Waals surface area (Å²) in [7, 11) is 0. The van der Waals surface area contributed by atoms with Crippen molar-refractivity contribution in [3.05, 3.63) is 60.2 Å². The molecule has 1 saturated heterocycles. The van der Waals surface area contributed by atoms with E-state index in [2.05, 4.69) is 10.6 Å². The molecule has 4 N–H and O–H groups in total. The van der Waals surface area contributed by atoms with E-state index in [-0.39, 0.29) is 24.3 Å². The average Bonchev–Trinajstić information content (AvgIpc) is 3.07. The quantitative estimate of drug-likeness (QED) is 0.709. The van der Waals surface area contributed by atoms with E-state index in [0.29, 0.717) is 6.54 Å². The topological polar surface area (TPSA) is 87.5 Å². The fourth-order valence-corrected chi connectivity index (χ4v) is 3.48. The molecule has 154 valence electrons. The predicted octanol–water partition coefficient (Wildman–Crippen LogP) is 3.57. The summed E-state index contributed by atoms with van der Waals surface area (Å²) < 4.78 is 41.9. The second kappa shape index (κ2) is 8.12. The van der Waals surface area contributed by atoms with Crippen LogP contribution in [0.1, 0.15) is 12.0 Å². The Morgan fingerprint density at radius 1 is 1.03 bits per heavy atom. The van der Waals surface area contributed by atoms with Crippen LogP contribution >= 0.6 is 0 Å². The van der Waals surface area contributed by atoms with Crippen LogP contribution in [0.25, 0.3) is 0 Å². The summed E-state index contributed by atoms with van der Waals surface area (Å²) >= 11 is 0. The number of halogens is 3. The van der Waals surface area contributed by atoms with Crippen LogP contribution in [0.15, 0.2) is 54.6 Å². The molecule has 29 heavy (non-hydrogen) atoms. The highest BCUT2D eigenvalue weighted by Gasteiger charge is 2.62. The molecule has 1 heterocycles. The summed E-state index contributed by atoms with van der Waals surface area (Å²) in [6, 6.07) is 14.2. The Kier molecular flexibility index (Phi) is 5.78. The number of hydrogen-bond acceptors (Lipinski definition) is 3. The van der Waals surface area contributed by atoms with E-state index in [1.54, 1.807) is 4.90 Å². The number of carbonyl (C=O) groups excluding carboxylic acids is 2. The number of carbonyl (C=O) groups is 2. The third-order valence-electron chi connectivity index (χ3n) is 4.96. The predicted molar refractivity (Wildman–Crippen MR) is 103 cm³/mol. The molecule has 3 amide bonds. The van der Waals surface area contributed by atoms with Gasteiger partial charge in [-0.2, -0.15) is 13.2 Å².